The number of ether oxygens (including phenoxy) is 12. The van der Waals surface area contributed by atoms with E-state index in [0.29, 0.717) is 38.5 Å². The number of allylic oxidation sites excluding steroid dienone is 2. The van der Waals surface area contributed by atoms with Crippen molar-refractivity contribution in [2.75, 3.05) is 19.8 Å². The molecule has 38 atom stereocenters. The summed E-state index contributed by atoms with van der Waals surface area (Å²) in [6, 6.07) is 0. The van der Waals surface area contributed by atoms with Crippen LogP contribution in [0.25, 0.3) is 0 Å². The third-order valence-corrected chi connectivity index (χ3v) is 22.9. The number of aliphatic hydroxyl groups is 16. The Hall–Kier alpha value is -1.84. The smallest absolute Gasteiger partial charge is 0.394 e. The van der Waals surface area contributed by atoms with Crippen LogP contribution in [0, 0.1) is 40.4 Å². The maximum Gasteiger partial charge on any atom is 0.397 e. The Morgan fingerprint density at radius 3 is 1.64 bits per heavy atom. The molecule has 33 unspecified atom stereocenters. The molecular formula is C62H102O33S. The van der Waals surface area contributed by atoms with E-state index < -0.39 is 243 Å². The zero-order valence-electron chi connectivity index (χ0n) is 54.9. The van der Waals surface area contributed by atoms with Crippen LogP contribution in [0.4, 0.5) is 0 Å². The number of fused-ring (bicyclic) bond motifs is 5. The molecular weight excluding hydrogens is 1300 g/mol. The molecule has 0 aromatic heterocycles. The van der Waals surface area contributed by atoms with Crippen LogP contribution in [-0.4, -0.2) is 316 Å². The molecule has 6 saturated heterocycles. The lowest BCUT2D eigenvalue weighted by Crippen LogP contribution is -2.67. The molecule has 4 aliphatic carbocycles. The number of aliphatic hydroxyl groups excluding tert-OH is 15. The molecule has 0 amide bonds. The van der Waals surface area contributed by atoms with E-state index in [1.54, 1.807) is 6.92 Å². The van der Waals surface area contributed by atoms with Crippen molar-refractivity contribution in [2.24, 2.45) is 40.4 Å². The highest BCUT2D eigenvalue weighted by molar-refractivity contribution is 7.80. The predicted molar refractivity (Wildman–Crippen MR) is 318 cm³/mol. The van der Waals surface area contributed by atoms with Crippen LogP contribution < -0.4 is 0 Å². The molecule has 0 aromatic carbocycles. The first-order chi connectivity index (χ1) is 44.9. The van der Waals surface area contributed by atoms with Gasteiger partial charge in [0.2, 0.25) is 0 Å². The van der Waals surface area contributed by atoms with Crippen molar-refractivity contribution in [2.45, 2.75) is 309 Å². The first kappa shape index (κ1) is 76.8. The van der Waals surface area contributed by atoms with Crippen LogP contribution in [0.2, 0.25) is 0 Å². The highest BCUT2D eigenvalue weighted by atomic mass is 32.3. The molecule has 9 fully saturated rings. The van der Waals surface area contributed by atoms with E-state index in [2.05, 4.69) is 19.9 Å². The first-order valence-electron chi connectivity index (χ1n) is 33.4. The molecule has 0 bridgehead atoms. The van der Waals surface area contributed by atoms with Gasteiger partial charge in [-0.3, -0.25) is 9.35 Å². The fourth-order valence-electron chi connectivity index (χ4n) is 17.2. The zero-order valence-corrected chi connectivity index (χ0v) is 55.7. The minimum atomic E-state index is -4.92. The molecule has 0 aromatic rings. The van der Waals surface area contributed by atoms with Gasteiger partial charge < -0.3 is 139 Å². The van der Waals surface area contributed by atoms with Gasteiger partial charge in [-0.2, -0.15) is 8.42 Å². The van der Waals surface area contributed by atoms with Crippen molar-refractivity contribution in [3.8, 4) is 0 Å². The average molecular weight is 1410 g/mol. The maximum absolute atomic E-state index is 13.3. The summed E-state index contributed by atoms with van der Waals surface area (Å²) in [6.45, 7) is 11.4. The summed E-state index contributed by atoms with van der Waals surface area (Å²) in [4.78, 5) is 13.3. The monoisotopic (exact) mass is 1410 g/mol. The quantitative estimate of drug-likeness (QED) is 0.0379. The molecule has 10 rings (SSSR count). The van der Waals surface area contributed by atoms with Crippen LogP contribution in [0.5, 0.6) is 0 Å². The van der Waals surface area contributed by atoms with Crippen LogP contribution in [-0.2, 0) is 76.2 Å². The number of Topliss-reactive ketones (excluding diaryl/α,β-unsaturated/α-hetero) is 1. The van der Waals surface area contributed by atoms with Gasteiger partial charge in [0.15, 0.2) is 37.7 Å². The lowest BCUT2D eigenvalue weighted by molar-refractivity contribution is -0.402. The summed E-state index contributed by atoms with van der Waals surface area (Å²) in [5.74, 6) is -0.947. The van der Waals surface area contributed by atoms with Gasteiger partial charge in [-0.05, 0) is 113 Å². The first-order valence-corrected chi connectivity index (χ1v) is 34.8. The van der Waals surface area contributed by atoms with Crippen molar-refractivity contribution in [1.29, 1.82) is 0 Å². The normalized spacial score (nSPS) is 51.6. The average Bonchev–Trinajstić information content (AvgIpc) is 1.29. The Labute approximate surface area is 555 Å². The fraction of sp³-hybridized carbons (Fsp3) is 0.952. The van der Waals surface area contributed by atoms with Gasteiger partial charge in [0, 0.05) is 12.8 Å². The summed E-state index contributed by atoms with van der Waals surface area (Å²) < 4.78 is 112. The fourth-order valence-corrected chi connectivity index (χ4v) is 17.8. The van der Waals surface area contributed by atoms with Gasteiger partial charge in [0.25, 0.3) is 0 Å². The summed E-state index contributed by atoms with van der Waals surface area (Å²) in [7, 11) is -4.92. The Morgan fingerprint density at radius 1 is 0.573 bits per heavy atom. The number of carbonyl (C=O) groups excluding carboxylic acids is 1. The largest absolute Gasteiger partial charge is 0.397 e. The third-order valence-electron chi connectivity index (χ3n) is 22.4. The number of carbonyl (C=O) groups is 1. The van der Waals surface area contributed by atoms with Crippen LogP contribution in [0.3, 0.4) is 0 Å². The molecule has 6 heterocycles. The van der Waals surface area contributed by atoms with E-state index in [4.69, 9.17) is 61.0 Å². The molecule has 6 aliphatic heterocycles. The summed E-state index contributed by atoms with van der Waals surface area (Å²) >= 11 is 0. The molecule has 96 heavy (non-hydrogen) atoms. The lowest BCUT2D eigenvalue weighted by atomic mass is 9.47. The highest BCUT2D eigenvalue weighted by Gasteiger charge is 2.64. The van der Waals surface area contributed by atoms with Crippen molar-refractivity contribution >= 4 is 16.2 Å². The van der Waals surface area contributed by atoms with Crippen LogP contribution in [0.1, 0.15) is 113 Å². The summed E-state index contributed by atoms with van der Waals surface area (Å²) in [5, 5.41) is 179. The van der Waals surface area contributed by atoms with E-state index in [0.717, 1.165) is 5.57 Å². The third kappa shape index (κ3) is 15.2. The Balaban J connectivity index is 0.903. The van der Waals surface area contributed by atoms with Crippen LogP contribution in [0.15, 0.2) is 11.6 Å². The van der Waals surface area contributed by atoms with Crippen molar-refractivity contribution < 1.29 is 160 Å². The maximum atomic E-state index is 13.3. The minimum absolute atomic E-state index is 0.00878. The second kappa shape index (κ2) is 30.1. The molecule has 34 heteroatoms. The van der Waals surface area contributed by atoms with Crippen molar-refractivity contribution in [3.63, 3.8) is 0 Å². The molecule has 33 nitrogen and oxygen atoms in total. The van der Waals surface area contributed by atoms with E-state index in [1.807, 2.05) is 13.8 Å². The Morgan fingerprint density at radius 2 is 1.06 bits per heavy atom. The molecule has 3 saturated carbocycles. The molecule has 0 radical (unpaired) electrons. The SMILES string of the molecule is CC(C)CC(=O)CC(C)(O)[C@H]1CCC2C3C[C@H](OC4OC(C)C(O)C(OC5OCC(OC6OC(CO)C(O)C(O)C6OC6OC(C)C(O)C(OC7OC(CO)C(O)C(O)C7O)C6O)C(O)C5OC5OC(C)C(O)C(O)C5O)C4O)C4C[C@@H](OS(=O)(=O)O)CC[C@]4(C)C3=CC[C@@]21C. The summed E-state index contributed by atoms with van der Waals surface area (Å²) in [6.07, 6.45) is -48.6. The van der Waals surface area contributed by atoms with Gasteiger partial charge in [-0.15, -0.1) is 0 Å². The zero-order chi connectivity index (χ0) is 70.3. The second-order valence-corrected chi connectivity index (χ2v) is 30.5. The van der Waals surface area contributed by atoms with Crippen LogP contribution >= 0.6 is 0 Å². The predicted octanol–water partition coefficient (Wildman–Crippen LogP) is -4.85. The van der Waals surface area contributed by atoms with Gasteiger partial charge in [-0.25, -0.2) is 4.18 Å². The summed E-state index contributed by atoms with van der Waals surface area (Å²) in [5.41, 5.74) is -1.36. The Kier molecular flexibility index (Phi) is 24.1. The van der Waals surface area contributed by atoms with Crippen molar-refractivity contribution in [3.05, 3.63) is 11.6 Å². The topological polar surface area (TPSA) is 515 Å². The molecule has 17 N–H and O–H groups in total. The molecule has 0 spiro atoms. The minimum Gasteiger partial charge on any atom is -0.394 e. The van der Waals surface area contributed by atoms with Crippen molar-refractivity contribution in [1.82, 2.24) is 0 Å². The van der Waals surface area contributed by atoms with E-state index in [-0.39, 0.29) is 48.7 Å². The Bertz CT molecular complexity index is 2750. The number of hydrogen-bond acceptors (Lipinski definition) is 32. The second-order valence-electron chi connectivity index (χ2n) is 29.5. The van der Waals surface area contributed by atoms with E-state index in [9.17, 15) is 99.5 Å². The van der Waals surface area contributed by atoms with E-state index >= 15 is 0 Å². The molecule has 554 valence electrons. The lowest BCUT2D eigenvalue weighted by Gasteiger charge is -2.60. The highest BCUT2D eigenvalue weighted by Crippen LogP contribution is 2.67. The van der Waals surface area contributed by atoms with E-state index in [1.165, 1.54) is 20.8 Å². The number of hydrogen-bond donors (Lipinski definition) is 17. The number of ketones is 1. The van der Waals surface area contributed by atoms with Gasteiger partial charge >= 0.3 is 10.4 Å². The van der Waals surface area contributed by atoms with Gasteiger partial charge in [0.05, 0.1) is 55.9 Å². The number of rotatable bonds is 21. The molecule has 10 aliphatic rings. The standard InChI is InChI=1S/C62H102O33S/c1-22(2)15-26(65)18-62(8,79)36-10-9-29-28-17-32(31-16-27(95-96(80,81)82)11-13-60(31,6)30(28)12-14-61(29,36)7)87-56-48(77)51(39(68)24(4)85-56)92-58-52(93-54-46(75)43(72)37(66)23(3)84-54)42(71)35(21-83-58)90-59-53(45(74)41(70)34(20-64)89-59)94-57-49(78)50(38(67)25(5)86-57)91-55-47(76)44(73)40(69)33(19-63)88-55/h12,22-25,27-29,31-59,63-64,66-79H,9-11,13-21H2,1-8H3,(H,80,81,82)/t23?,24?,25?,27-,28?,29?,31?,32-,33?,34?,35?,36-,37?,38?,39?,40?,41?,42?,43?,44?,45?,46?,47?,48?,49?,50?,51?,52?,53?,54?,55?,56?,57?,58?,59?,60+,61-,62?/m0/s1. The van der Waals surface area contributed by atoms with Gasteiger partial charge in [-0.1, -0.05) is 39.3 Å². The van der Waals surface area contributed by atoms with Gasteiger partial charge in [0.1, 0.15) is 128 Å².